The van der Waals surface area contributed by atoms with Crippen molar-refractivity contribution in [3.05, 3.63) is 23.5 Å². The Morgan fingerprint density at radius 1 is 1.29 bits per heavy atom. The summed E-state index contributed by atoms with van der Waals surface area (Å²) in [5.74, 6) is 1.39. The van der Waals surface area contributed by atoms with Gasteiger partial charge in [-0.1, -0.05) is 19.3 Å². The molecule has 1 saturated carbocycles. The third kappa shape index (κ3) is 2.40. The van der Waals surface area contributed by atoms with Crippen molar-refractivity contribution in [2.75, 3.05) is 12.4 Å². The highest BCUT2D eigenvalue weighted by Crippen LogP contribution is 2.31. The first-order valence-corrected chi connectivity index (χ1v) is 6.34. The Bertz CT molecular complexity index is 399. The molecule has 1 aromatic heterocycles. The molecule has 0 unspecified atom stereocenters. The highest BCUT2D eigenvalue weighted by molar-refractivity contribution is 5.74. The van der Waals surface area contributed by atoms with E-state index in [4.69, 9.17) is 11.5 Å². The predicted molar refractivity (Wildman–Crippen MR) is 72.2 cm³/mol. The Morgan fingerprint density at radius 2 is 2.00 bits per heavy atom. The van der Waals surface area contributed by atoms with Crippen LogP contribution >= 0.6 is 0 Å². The summed E-state index contributed by atoms with van der Waals surface area (Å²) in [6.45, 7) is 0. The number of hydrogen-bond donors (Lipinski definition) is 4. The first kappa shape index (κ1) is 11.9. The maximum absolute atomic E-state index is 6.22. The molecule has 4 heteroatoms. The maximum atomic E-state index is 6.22. The fraction of sp³-hybridized carbons (Fsp3) is 0.538. The minimum Gasteiger partial charge on any atom is -0.400 e. The van der Waals surface area contributed by atoms with Crippen molar-refractivity contribution >= 4 is 11.5 Å². The summed E-state index contributed by atoms with van der Waals surface area (Å²) in [4.78, 5) is 3.11. The number of allylic oxidation sites excluding steroid dienone is 1. The van der Waals surface area contributed by atoms with Crippen LogP contribution in [0.25, 0.3) is 5.70 Å². The lowest BCUT2D eigenvalue weighted by Crippen LogP contribution is -2.20. The molecule has 4 nitrogen and oxygen atoms in total. The van der Waals surface area contributed by atoms with E-state index in [2.05, 4.69) is 10.3 Å². The lowest BCUT2D eigenvalue weighted by Gasteiger charge is -2.23. The summed E-state index contributed by atoms with van der Waals surface area (Å²) in [5.41, 5.74) is 15.0. The maximum Gasteiger partial charge on any atom is 0.112 e. The number of anilines is 1. The number of hydrogen-bond acceptors (Lipinski definition) is 3. The van der Waals surface area contributed by atoms with Crippen LogP contribution in [0.1, 0.15) is 37.7 Å². The lowest BCUT2D eigenvalue weighted by atomic mass is 9.86. The SMILES string of the molecule is CNc1[nH]ccc1/C(N)=C(/N)C1CCCCC1. The van der Waals surface area contributed by atoms with E-state index in [0.717, 1.165) is 22.8 Å². The van der Waals surface area contributed by atoms with Gasteiger partial charge in [0.05, 0.1) is 5.70 Å². The summed E-state index contributed by atoms with van der Waals surface area (Å²) in [6.07, 6.45) is 8.09. The molecule has 1 heterocycles. The molecular formula is C13H22N4. The van der Waals surface area contributed by atoms with Gasteiger partial charge in [-0.3, -0.25) is 0 Å². The van der Waals surface area contributed by atoms with Crippen LogP contribution in [-0.2, 0) is 0 Å². The second-order valence-electron chi connectivity index (χ2n) is 4.72. The quantitative estimate of drug-likeness (QED) is 0.647. The Hall–Kier alpha value is -1.58. The molecule has 0 bridgehead atoms. The van der Waals surface area contributed by atoms with Gasteiger partial charge in [0, 0.05) is 30.4 Å². The molecule has 1 fully saturated rings. The van der Waals surface area contributed by atoms with Crippen LogP contribution in [-0.4, -0.2) is 12.0 Å². The number of aromatic nitrogens is 1. The predicted octanol–water partition coefficient (Wildman–Crippen LogP) is 2.22. The Kier molecular flexibility index (Phi) is 3.61. The van der Waals surface area contributed by atoms with Gasteiger partial charge in [0.2, 0.25) is 0 Å². The van der Waals surface area contributed by atoms with Gasteiger partial charge in [-0.25, -0.2) is 0 Å². The summed E-state index contributed by atoms with van der Waals surface area (Å²) in [6, 6.07) is 1.97. The molecule has 17 heavy (non-hydrogen) atoms. The van der Waals surface area contributed by atoms with Crippen molar-refractivity contribution in [3.63, 3.8) is 0 Å². The van der Waals surface area contributed by atoms with Crippen molar-refractivity contribution in [2.24, 2.45) is 17.4 Å². The fourth-order valence-electron chi connectivity index (χ4n) is 2.59. The molecule has 0 atom stereocenters. The third-order valence-corrected chi connectivity index (χ3v) is 3.64. The van der Waals surface area contributed by atoms with Gasteiger partial charge in [0.25, 0.3) is 0 Å². The zero-order valence-electron chi connectivity index (χ0n) is 10.4. The van der Waals surface area contributed by atoms with Gasteiger partial charge >= 0.3 is 0 Å². The highest BCUT2D eigenvalue weighted by Gasteiger charge is 2.19. The van der Waals surface area contributed by atoms with Crippen molar-refractivity contribution < 1.29 is 0 Å². The number of H-pyrrole nitrogens is 1. The molecule has 1 aromatic rings. The molecule has 0 spiro atoms. The average Bonchev–Trinajstić information content (AvgIpc) is 2.86. The van der Waals surface area contributed by atoms with Crippen LogP contribution in [0, 0.1) is 5.92 Å². The summed E-state index contributed by atoms with van der Waals surface area (Å²) < 4.78 is 0. The largest absolute Gasteiger partial charge is 0.400 e. The molecule has 2 rings (SSSR count). The van der Waals surface area contributed by atoms with Gasteiger partial charge in [0.15, 0.2) is 0 Å². The van der Waals surface area contributed by atoms with E-state index < -0.39 is 0 Å². The Balaban J connectivity index is 2.24. The van der Waals surface area contributed by atoms with E-state index in [0.29, 0.717) is 5.92 Å². The molecule has 1 aliphatic rings. The first-order valence-electron chi connectivity index (χ1n) is 6.34. The lowest BCUT2D eigenvalue weighted by molar-refractivity contribution is 0.401. The smallest absolute Gasteiger partial charge is 0.112 e. The van der Waals surface area contributed by atoms with Crippen LogP contribution in [0.3, 0.4) is 0 Å². The second kappa shape index (κ2) is 5.17. The highest BCUT2D eigenvalue weighted by atomic mass is 15.0. The van der Waals surface area contributed by atoms with E-state index in [1.54, 1.807) is 0 Å². The van der Waals surface area contributed by atoms with Crippen LogP contribution in [0.4, 0.5) is 5.82 Å². The van der Waals surface area contributed by atoms with Crippen LogP contribution in [0.15, 0.2) is 18.0 Å². The van der Waals surface area contributed by atoms with Crippen LogP contribution in [0.2, 0.25) is 0 Å². The van der Waals surface area contributed by atoms with Crippen molar-refractivity contribution in [1.82, 2.24) is 4.98 Å². The van der Waals surface area contributed by atoms with E-state index in [1.165, 1.54) is 32.1 Å². The van der Waals surface area contributed by atoms with E-state index >= 15 is 0 Å². The van der Waals surface area contributed by atoms with Crippen LogP contribution < -0.4 is 16.8 Å². The Labute approximate surface area is 102 Å². The number of rotatable bonds is 3. The van der Waals surface area contributed by atoms with Crippen molar-refractivity contribution in [2.45, 2.75) is 32.1 Å². The number of nitrogens with two attached hydrogens (primary N) is 2. The zero-order chi connectivity index (χ0) is 12.3. The molecule has 0 aliphatic heterocycles. The minimum atomic E-state index is 0.461. The van der Waals surface area contributed by atoms with Crippen molar-refractivity contribution in [1.29, 1.82) is 0 Å². The molecule has 1 aliphatic carbocycles. The van der Waals surface area contributed by atoms with Gasteiger partial charge in [-0.2, -0.15) is 0 Å². The van der Waals surface area contributed by atoms with E-state index in [9.17, 15) is 0 Å². The second-order valence-corrected chi connectivity index (χ2v) is 4.72. The molecule has 0 amide bonds. The van der Waals surface area contributed by atoms with Crippen LogP contribution in [0.5, 0.6) is 0 Å². The number of nitrogens with one attached hydrogen (secondary N) is 2. The summed E-state index contributed by atoms with van der Waals surface area (Å²) in [7, 11) is 1.87. The molecular weight excluding hydrogens is 212 g/mol. The monoisotopic (exact) mass is 234 g/mol. The molecule has 0 saturated heterocycles. The first-order chi connectivity index (χ1) is 8.24. The normalized spacial score (nSPS) is 18.9. The topological polar surface area (TPSA) is 79.9 Å². The summed E-state index contributed by atoms with van der Waals surface area (Å²) in [5, 5.41) is 3.09. The number of aromatic amines is 1. The van der Waals surface area contributed by atoms with E-state index in [-0.39, 0.29) is 0 Å². The van der Waals surface area contributed by atoms with Gasteiger partial charge in [-0.15, -0.1) is 0 Å². The minimum absolute atomic E-state index is 0.461. The molecule has 6 N–H and O–H groups in total. The average molecular weight is 234 g/mol. The molecule has 0 aromatic carbocycles. The fourth-order valence-corrected chi connectivity index (χ4v) is 2.59. The van der Waals surface area contributed by atoms with Gasteiger partial charge in [-0.05, 0) is 18.9 Å². The van der Waals surface area contributed by atoms with Gasteiger partial charge < -0.3 is 21.8 Å². The van der Waals surface area contributed by atoms with Crippen molar-refractivity contribution in [3.8, 4) is 0 Å². The third-order valence-electron chi connectivity index (χ3n) is 3.64. The standard InChI is InChI=1S/C13H22N4/c1-16-13-10(7-8-17-13)12(15)11(14)9-5-3-2-4-6-9/h7-9,16-17H,2-6,14-15H2,1H3/b12-11-. The van der Waals surface area contributed by atoms with Gasteiger partial charge in [0.1, 0.15) is 5.82 Å². The van der Waals surface area contributed by atoms with E-state index in [1.807, 2.05) is 19.3 Å². The zero-order valence-corrected chi connectivity index (χ0v) is 10.4. The molecule has 94 valence electrons. The molecule has 0 radical (unpaired) electrons. The summed E-state index contributed by atoms with van der Waals surface area (Å²) >= 11 is 0. The Morgan fingerprint density at radius 3 is 2.65 bits per heavy atom.